The molecule has 6 heteroatoms. The highest BCUT2D eigenvalue weighted by atomic mass is 16.5. The van der Waals surface area contributed by atoms with E-state index in [0.29, 0.717) is 31.0 Å². The molecule has 2 aromatic carbocycles. The number of nitrogens with zero attached hydrogens (tertiary/aromatic N) is 3. The minimum absolute atomic E-state index is 0.106. The van der Waals surface area contributed by atoms with Crippen molar-refractivity contribution >= 4 is 16.8 Å². The Hall–Kier alpha value is -3.67. The molecule has 0 aliphatic rings. The smallest absolute Gasteiger partial charge is 0.251 e. The van der Waals surface area contributed by atoms with Gasteiger partial charge in [0.25, 0.3) is 5.91 Å². The van der Waals surface area contributed by atoms with E-state index >= 15 is 0 Å². The van der Waals surface area contributed by atoms with Gasteiger partial charge in [-0.3, -0.25) is 4.79 Å². The van der Waals surface area contributed by atoms with Gasteiger partial charge in [-0.2, -0.15) is 0 Å². The Morgan fingerprint density at radius 3 is 2.69 bits per heavy atom. The Kier molecular flexibility index (Phi) is 5.52. The molecule has 0 fully saturated rings. The van der Waals surface area contributed by atoms with Crippen LogP contribution in [0.3, 0.4) is 0 Å². The van der Waals surface area contributed by atoms with Gasteiger partial charge in [0.1, 0.15) is 18.2 Å². The molecular formula is C23H22N4O2. The van der Waals surface area contributed by atoms with E-state index in [4.69, 9.17) is 4.74 Å². The largest absolute Gasteiger partial charge is 0.487 e. The van der Waals surface area contributed by atoms with Gasteiger partial charge >= 0.3 is 0 Å². The van der Waals surface area contributed by atoms with Crippen LogP contribution >= 0.6 is 0 Å². The van der Waals surface area contributed by atoms with Crippen molar-refractivity contribution in [2.24, 2.45) is 0 Å². The molecule has 0 radical (unpaired) electrons. The van der Waals surface area contributed by atoms with Crippen molar-refractivity contribution in [1.82, 2.24) is 19.9 Å². The number of hydrogen-bond donors (Lipinski definition) is 1. The SMILES string of the molecule is Cc1nccn1CCNC(=O)c1ccc(OCc2ccc3ccccc3n2)cc1. The molecule has 0 unspecified atom stereocenters. The van der Waals surface area contributed by atoms with Crippen LogP contribution in [-0.2, 0) is 13.2 Å². The van der Waals surface area contributed by atoms with Gasteiger partial charge in [-0.05, 0) is 43.3 Å². The minimum atomic E-state index is -0.106. The third-order valence-corrected chi connectivity index (χ3v) is 4.72. The monoisotopic (exact) mass is 386 g/mol. The van der Waals surface area contributed by atoms with Crippen molar-refractivity contribution in [2.75, 3.05) is 6.54 Å². The van der Waals surface area contributed by atoms with Gasteiger partial charge in [-0.25, -0.2) is 9.97 Å². The summed E-state index contributed by atoms with van der Waals surface area (Å²) in [7, 11) is 0. The zero-order valence-corrected chi connectivity index (χ0v) is 16.2. The minimum Gasteiger partial charge on any atom is -0.487 e. The van der Waals surface area contributed by atoms with Crippen LogP contribution < -0.4 is 10.1 Å². The standard InChI is InChI=1S/C23H22N4O2/c1-17-24-12-14-27(17)15-13-25-23(28)19-7-10-21(11-8-19)29-16-20-9-6-18-4-2-3-5-22(18)26-20/h2-12,14H,13,15-16H2,1H3,(H,25,28). The zero-order valence-electron chi connectivity index (χ0n) is 16.2. The highest BCUT2D eigenvalue weighted by molar-refractivity contribution is 5.94. The molecule has 0 aliphatic carbocycles. The lowest BCUT2D eigenvalue weighted by atomic mass is 10.2. The van der Waals surface area contributed by atoms with Gasteiger partial charge in [-0.1, -0.05) is 24.3 Å². The Morgan fingerprint density at radius 1 is 1.07 bits per heavy atom. The number of carbonyl (C=O) groups excluding carboxylic acids is 1. The topological polar surface area (TPSA) is 69.0 Å². The van der Waals surface area contributed by atoms with E-state index in [-0.39, 0.29) is 5.91 Å². The Bertz CT molecular complexity index is 1120. The van der Waals surface area contributed by atoms with Crippen molar-refractivity contribution in [3.8, 4) is 5.75 Å². The summed E-state index contributed by atoms with van der Waals surface area (Å²) in [6.07, 6.45) is 3.65. The number of fused-ring (bicyclic) bond motifs is 1. The lowest BCUT2D eigenvalue weighted by Crippen LogP contribution is -2.27. The molecular weight excluding hydrogens is 364 g/mol. The van der Waals surface area contributed by atoms with E-state index in [0.717, 1.165) is 22.4 Å². The molecule has 0 saturated carbocycles. The molecule has 0 spiro atoms. The second kappa shape index (κ2) is 8.56. The number of aryl methyl sites for hydroxylation is 1. The lowest BCUT2D eigenvalue weighted by Gasteiger charge is -2.09. The number of amides is 1. The van der Waals surface area contributed by atoms with E-state index in [1.807, 2.05) is 54.1 Å². The molecule has 4 aromatic rings. The normalized spacial score (nSPS) is 10.8. The molecule has 2 aromatic heterocycles. The van der Waals surface area contributed by atoms with Crippen LogP contribution in [-0.4, -0.2) is 27.0 Å². The first-order chi connectivity index (χ1) is 14.2. The molecule has 146 valence electrons. The number of imidazole rings is 1. The number of hydrogen-bond acceptors (Lipinski definition) is 4. The third kappa shape index (κ3) is 4.60. The first kappa shape index (κ1) is 18.7. The highest BCUT2D eigenvalue weighted by Gasteiger charge is 2.06. The highest BCUT2D eigenvalue weighted by Crippen LogP contribution is 2.16. The molecule has 1 amide bonds. The van der Waals surface area contributed by atoms with Gasteiger partial charge in [-0.15, -0.1) is 0 Å². The molecule has 29 heavy (non-hydrogen) atoms. The van der Waals surface area contributed by atoms with E-state index in [9.17, 15) is 4.79 Å². The summed E-state index contributed by atoms with van der Waals surface area (Å²) in [5, 5.41) is 4.03. The van der Waals surface area contributed by atoms with Crippen LogP contribution in [0.4, 0.5) is 0 Å². The number of ether oxygens (including phenoxy) is 1. The third-order valence-electron chi connectivity index (χ3n) is 4.72. The number of aromatic nitrogens is 3. The maximum absolute atomic E-state index is 12.3. The Labute approximate surface area is 169 Å². The van der Waals surface area contributed by atoms with Crippen LogP contribution in [0.2, 0.25) is 0 Å². The fourth-order valence-corrected chi connectivity index (χ4v) is 3.08. The fraction of sp³-hybridized carbons (Fsp3) is 0.174. The Morgan fingerprint density at radius 2 is 1.90 bits per heavy atom. The summed E-state index contributed by atoms with van der Waals surface area (Å²) in [6, 6.07) is 19.1. The van der Waals surface area contributed by atoms with Gasteiger partial charge in [0.15, 0.2) is 0 Å². The summed E-state index contributed by atoms with van der Waals surface area (Å²) in [4.78, 5) is 21.1. The summed E-state index contributed by atoms with van der Waals surface area (Å²) in [5.74, 6) is 1.53. The van der Waals surface area contributed by atoms with Gasteiger partial charge < -0.3 is 14.6 Å². The van der Waals surface area contributed by atoms with Crippen LogP contribution in [0.1, 0.15) is 21.9 Å². The predicted octanol–water partition coefficient (Wildman–Crippen LogP) is 3.75. The number of rotatable bonds is 7. The van der Waals surface area contributed by atoms with Crippen LogP contribution in [0.15, 0.2) is 73.1 Å². The van der Waals surface area contributed by atoms with Crippen molar-refractivity contribution < 1.29 is 9.53 Å². The second-order valence-electron chi connectivity index (χ2n) is 6.73. The lowest BCUT2D eigenvalue weighted by molar-refractivity contribution is 0.0952. The molecule has 2 heterocycles. The number of benzene rings is 2. The second-order valence-corrected chi connectivity index (χ2v) is 6.73. The van der Waals surface area contributed by atoms with Crippen LogP contribution in [0.5, 0.6) is 5.75 Å². The average molecular weight is 386 g/mol. The van der Waals surface area contributed by atoms with E-state index in [1.165, 1.54) is 0 Å². The fourth-order valence-electron chi connectivity index (χ4n) is 3.08. The van der Waals surface area contributed by atoms with E-state index in [1.54, 1.807) is 30.5 Å². The molecule has 0 bridgehead atoms. The number of pyridine rings is 1. The molecule has 0 atom stereocenters. The van der Waals surface area contributed by atoms with Gasteiger partial charge in [0, 0.05) is 36.4 Å². The van der Waals surface area contributed by atoms with E-state index in [2.05, 4.69) is 15.3 Å². The molecule has 4 rings (SSSR count). The number of para-hydroxylation sites is 1. The summed E-state index contributed by atoms with van der Waals surface area (Å²) < 4.78 is 7.81. The summed E-state index contributed by atoms with van der Waals surface area (Å²) in [6.45, 7) is 3.55. The van der Waals surface area contributed by atoms with E-state index < -0.39 is 0 Å². The number of nitrogens with one attached hydrogen (secondary N) is 1. The summed E-state index contributed by atoms with van der Waals surface area (Å²) in [5.41, 5.74) is 2.41. The first-order valence-corrected chi connectivity index (χ1v) is 9.52. The van der Waals surface area contributed by atoms with Crippen molar-refractivity contribution in [3.63, 3.8) is 0 Å². The van der Waals surface area contributed by atoms with Crippen molar-refractivity contribution in [1.29, 1.82) is 0 Å². The van der Waals surface area contributed by atoms with Crippen molar-refractivity contribution in [3.05, 3.63) is 90.1 Å². The Balaban J connectivity index is 1.30. The predicted molar refractivity (Wildman–Crippen MR) is 112 cm³/mol. The number of carbonyl (C=O) groups is 1. The maximum Gasteiger partial charge on any atom is 0.251 e. The maximum atomic E-state index is 12.3. The molecule has 6 nitrogen and oxygen atoms in total. The van der Waals surface area contributed by atoms with Gasteiger partial charge in [0.2, 0.25) is 0 Å². The quantitative estimate of drug-likeness (QED) is 0.525. The average Bonchev–Trinajstić information content (AvgIpc) is 3.17. The summed E-state index contributed by atoms with van der Waals surface area (Å²) >= 11 is 0. The van der Waals surface area contributed by atoms with Crippen LogP contribution in [0, 0.1) is 6.92 Å². The van der Waals surface area contributed by atoms with Crippen LogP contribution in [0.25, 0.3) is 10.9 Å². The molecule has 0 aliphatic heterocycles. The van der Waals surface area contributed by atoms with Crippen molar-refractivity contribution in [2.45, 2.75) is 20.1 Å². The molecule has 0 saturated heterocycles. The first-order valence-electron chi connectivity index (χ1n) is 9.52. The van der Waals surface area contributed by atoms with Gasteiger partial charge in [0.05, 0.1) is 11.2 Å². The molecule has 1 N–H and O–H groups in total. The zero-order chi connectivity index (χ0) is 20.1.